The highest BCUT2D eigenvalue weighted by molar-refractivity contribution is 6.31. The summed E-state index contributed by atoms with van der Waals surface area (Å²) in [7, 11) is 0. The zero-order chi connectivity index (χ0) is 16.4. The fourth-order valence-electron chi connectivity index (χ4n) is 2.61. The van der Waals surface area contributed by atoms with Crippen LogP contribution in [-0.2, 0) is 0 Å². The standard InChI is InChI=1S/C18H17ClFN3/c1-3-23(4-2)18-14-11-12(19)9-10-16(14)21-17(22-18)13-7-5-6-8-15(13)20/h5-11H,3-4H2,1-2H3. The molecule has 0 N–H and O–H groups in total. The Bertz CT molecular complexity index is 847. The van der Waals surface area contributed by atoms with E-state index in [9.17, 15) is 4.39 Å². The molecule has 3 aromatic rings. The minimum Gasteiger partial charge on any atom is -0.357 e. The summed E-state index contributed by atoms with van der Waals surface area (Å²) < 4.78 is 14.1. The summed E-state index contributed by atoms with van der Waals surface area (Å²) in [6.45, 7) is 5.72. The van der Waals surface area contributed by atoms with Crippen LogP contribution in [0.5, 0.6) is 0 Å². The Morgan fingerprint density at radius 2 is 1.78 bits per heavy atom. The van der Waals surface area contributed by atoms with Gasteiger partial charge in [0.15, 0.2) is 5.82 Å². The van der Waals surface area contributed by atoms with Crippen LogP contribution in [0.3, 0.4) is 0 Å². The Morgan fingerprint density at radius 1 is 1.04 bits per heavy atom. The Hall–Kier alpha value is -2.20. The van der Waals surface area contributed by atoms with Crippen LogP contribution in [0.2, 0.25) is 5.02 Å². The summed E-state index contributed by atoms with van der Waals surface area (Å²) in [5, 5.41) is 1.51. The largest absolute Gasteiger partial charge is 0.357 e. The van der Waals surface area contributed by atoms with Gasteiger partial charge in [0.2, 0.25) is 0 Å². The molecule has 0 saturated heterocycles. The number of benzene rings is 2. The molecule has 0 fully saturated rings. The number of nitrogens with zero attached hydrogens (tertiary/aromatic N) is 3. The van der Waals surface area contributed by atoms with Gasteiger partial charge in [-0.15, -0.1) is 0 Å². The highest BCUT2D eigenvalue weighted by Gasteiger charge is 2.15. The molecule has 0 amide bonds. The van der Waals surface area contributed by atoms with E-state index in [-0.39, 0.29) is 5.82 Å². The second-order valence-electron chi connectivity index (χ2n) is 5.18. The summed E-state index contributed by atoms with van der Waals surface area (Å²) in [4.78, 5) is 11.3. The molecule has 23 heavy (non-hydrogen) atoms. The third-order valence-electron chi connectivity index (χ3n) is 3.82. The predicted octanol–water partition coefficient (Wildman–Crippen LogP) is 4.94. The lowest BCUT2D eigenvalue weighted by Gasteiger charge is -2.22. The van der Waals surface area contributed by atoms with Crippen molar-refractivity contribution in [2.75, 3.05) is 18.0 Å². The van der Waals surface area contributed by atoms with Gasteiger partial charge in [-0.3, -0.25) is 0 Å². The van der Waals surface area contributed by atoms with Gasteiger partial charge in [-0.1, -0.05) is 23.7 Å². The molecule has 0 spiro atoms. The Morgan fingerprint density at radius 3 is 2.48 bits per heavy atom. The van der Waals surface area contributed by atoms with Crippen LogP contribution in [0.1, 0.15) is 13.8 Å². The molecule has 1 aromatic heterocycles. The third kappa shape index (κ3) is 2.99. The van der Waals surface area contributed by atoms with Crippen molar-refractivity contribution < 1.29 is 4.39 Å². The van der Waals surface area contributed by atoms with Gasteiger partial charge < -0.3 is 4.90 Å². The zero-order valence-electron chi connectivity index (χ0n) is 13.1. The molecule has 1 heterocycles. The van der Waals surface area contributed by atoms with E-state index in [0.29, 0.717) is 16.4 Å². The van der Waals surface area contributed by atoms with Crippen LogP contribution in [0, 0.1) is 5.82 Å². The molecule has 0 bridgehead atoms. The van der Waals surface area contributed by atoms with Crippen LogP contribution < -0.4 is 4.90 Å². The van der Waals surface area contributed by atoms with Gasteiger partial charge in [0, 0.05) is 23.5 Å². The Labute approximate surface area is 139 Å². The van der Waals surface area contributed by atoms with Crippen LogP contribution in [0.15, 0.2) is 42.5 Å². The lowest BCUT2D eigenvalue weighted by atomic mass is 10.1. The molecular weight excluding hydrogens is 313 g/mol. The van der Waals surface area contributed by atoms with Crippen molar-refractivity contribution in [1.29, 1.82) is 0 Å². The first-order valence-corrected chi connectivity index (χ1v) is 7.99. The molecule has 2 aromatic carbocycles. The second kappa shape index (κ2) is 6.50. The van der Waals surface area contributed by atoms with Gasteiger partial charge >= 0.3 is 0 Å². The van der Waals surface area contributed by atoms with E-state index in [0.717, 1.165) is 29.8 Å². The lowest BCUT2D eigenvalue weighted by molar-refractivity contribution is 0.630. The minimum atomic E-state index is -0.327. The van der Waals surface area contributed by atoms with E-state index < -0.39 is 0 Å². The van der Waals surface area contributed by atoms with E-state index >= 15 is 0 Å². The van der Waals surface area contributed by atoms with E-state index in [1.165, 1.54) is 6.07 Å². The average Bonchev–Trinajstić information content (AvgIpc) is 2.56. The first-order chi connectivity index (χ1) is 11.1. The number of anilines is 1. The van der Waals surface area contributed by atoms with Crippen molar-refractivity contribution in [3.8, 4) is 11.4 Å². The number of hydrogen-bond acceptors (Lipinski definition) is 3. The molecule has 0 radical (unpaired) electrons. The summed E-state index contributed by atoms with van der Waals surface area (Å²) in [5.74, 6) is 0.840. The topological polar surface area (TPSA) is 29.0 Å². The quantitative estimate of drug-likeness (QED) is 0.679. The first kappa shape index (κ1) is 15.7. The Balaban J connectivity index is 2.30. The Kier molecular flexibility index (Phi) is 4.44. The van der Waals surface area contributed by atoms with Gasteiger partial charge in [-0.25, -0.2) is 14.4 Å². The van der Waals surface area contributed by atoms with E-state index in [1.54, 1.807) is 24.3 Å². The number of hydrogen-bond donors (Lipinski definition) is 0. The molecule has 118 valence electrons. The molecular formula is C18H17ClFN3. The van der Waals surface area contributed by atoms with Crippen molar-refractivity contribution in [2.24, 2.45) is 0 Å². The summed E-state index contributed by atoms with van der Waals surface area (Å²) >= 11 is 6.13. The molecule has 0 aliphatic carbocycles. The first-order valence-electron chi connectivity index (χ1n) is 7.61. The molecule has 0 atom stereocenters. The van der Waals surface area contributed by atoms with Gasteiger partial charge in [-0.05, 0) is 44.2 Å². The van der Waals surface area contributed by atoms with Crippen molar-refractivity contribution >= 4 is 28.3 Å². The molecule has 0 aliphatic heterocycles. The van der Waals surface area contributed by atoms with E-state index in [1.807, 2.05) is 12.1 Å². The van der Waals surface area contributed by atoms with E-state index in [4.69, 9.17) is 11.6 Å². The normalized spacial score (nSPS) is 11.0. The number of fused-ring (bicyclic) bond motifs is 1. The summed E-state index contributed by atoms with van der Waals surface area (Å²) in [6, 6.07) is 12.0. The molecule has 0 unspecified atom stereocenters. The summed E-state index contributed by atoms with van der Waals surface area (Å²) in [6.07, 6.45) is 0. The van der Waals surface area contributed by atoms with Crippen molar-refractivity contribution in [2.45, 2.75) is 13.8 Å². The van der Waals surface area contributed by atoms with Gasteiger partial charge in [0.25, 0.3) is 0 Å². The maximum Gasteiger partial charge on any atom is 0.165 e. The maximum absolute atomic E-state index is 14.1. The molecule has 3 nitrogen and oxygen atoms in total. The van der Waals surface area contributed by atoms with Crippen molar-refractivity contribution in [1.82, 2.24) is 9.97 Å². The van der Waals surface area contributed by atoms with Crippen LogP contribution in [0.4, 0.5) is 10.2 Å². The smallest absolute Gasteiger partial charge is 0.165 e. The predicted molar refractivity (Wildman–Crippen MR) is 93.5 cm³/mol. The molecule has 5 heteroatoms. The molecule has 0 saturated carbocycles. The zero-order valence-corrected chi connectivity index (χ0v) is 13.8. The SMILES string of the molecule is CCN(CC)c1nc(-c2ccccc2F)nc2ccc(Cl)cc12. The van der Waals surface area contributed by atoms with Crippen LogP contribution in [0.25, 0.3) is 22.3 Å². The van der Waals surface area contributed by atoms with Gasteiger partial charge in [0.05, 0.1) is 11.1 Å². The molecule has 3 rings (SSSR count). The average molecular weight is 330 g/mol. The number of halogens is 2. The highest BCUT2D eigenvalue weighted by Crippen LogP contribution is 2.30. The van der Waals surface area contributed by atoms with Crippen LogP contribution >= 0.6 is 11.6 Å². The number of rotatable bonds is 4. The second-order valence-corrected chi connectivity index (χ2v) is 5.62. The minimum absolute atomic E-state index is 0.327. The van der Waals surface area contributed by atoms with Crippen LogP contribution in [-0.4, -0.2) is 23.1 Å². The van der Waals surface area contributed by atoms with Crippen molar-refractivity contribution in [3.63, 3.8) is 0 Å². The van der Waals surface area contributed by atoms with E-state index in [2.05, 4.69) is 28.7 Å². The fourth-order valence-corrected chi connectivity index (χ4v) is 2.78. The maximum atomic E-state index is 14.1. The highest BCUT2D eigenvalue weighted by atomic mass is 35.5. The van der Waals surface area contributed by atoms with Crippen molar-refractivity contribution in [3.05, 3.63) is 53.3 Å². The fraction of sp³-hybridized carbons (Fsp3) is 0.222. The lowest BCUT2D eigenvalue weighted by Crippen LogP contribution is -2.23. The third-order valence-corrected chi connectivity index (χ3v) is 4.05. The number of aromatic nitrogens is 2. The van der Waals surface area contributed by atoms with Gasteiger partial charge in [0.1, 0.15) is 11.6 Å². The summed E-state index contributed by atoms with van der Waals surface area (Å²) in [5.41, 5.74) is 1.15. The monoisotopic (exact) mass is 329 g/mol. The van der Waals surface area contributed by atoms with Gasteiger partial charge in [-0.2, -0.15) is 0 Å². The molecule has 0 aliphatic rings.